The third-order valence-electron chi connectivity index (χ3n) is 5.33. The summed E-state index contributed by atoms with van der Waals surface area (Å²) in [7, 11) is 0. The van der Waals surface area contributed by atoms with Crippen LogP contribution in [0.25, 0.3) is 22.2 Å². The summed E-state index contributed by atoms with van der Waals surface area (Å²) in [4.78, 5) is 21.3. The zero-order chi connectivity index (χ0) is 18.6. The first kappa shape index (κ1) is 17.5. The van der Waals surface area contributed by atoms with Gasteiger partial charge in [0.2, 0.25) is 0 Å². The number of nitrogens with zero attached hydrogens (tertiary/aromatic N) is 3. The molecule has 140 valence electrons. The van der Waals surface area contributed by atoms with Crippen molar-refractivity contribution in [1.82, 2.24) is 25.5 Å². The summed E-state index contributed by atoms with van der Waals surface area (Å²) in [5, 5.41) is 12.7. The molecule has 1 fully saturated rings. The Morgan fingerprint density at radius 2 is 2.00 bits per heavy atom. The number of pyridine rings is 2. The maximum atomic E-state index is 12.4. The number of aromatic nitrogens is 4. The first-order valence-electron chi connectivity index (χ1n) is 9.52. The van der Waals surface area contributed by atoms with Gasteiger partial charge in [-0.25, -0.2) is 9.78 Å². The van der Waals surface area contributed by atoms with E-state index in [1.165, 1.54) is 32.1 Å². The normalized spacial score (nSPS) is 16.2. The van der Waals surface area contributed by atoms with Crippen LogP contribution in [0.2, 0.25) is 0 Å². The Balaban J connectivity index is 1.45. The molecule has 0 radical (unpaired) electrons. The lowest BCUT2D eigenvalue weighted by Crippen LogP contribution is -2.41. The fourth-order valence-corrected chi connectivity index (χ4v) is 3.75. The third-order valence-corrected chi connectivity index (χ3v) is 5.33. The molecule has 3 heterocycles. The van der Waals surface area contributed by atoms with Gasteiger partial charge in [0.1, 0.15) is 5.82 Å². The van der Waals surface area contributed by atoms with Crippen molar-refractivity contribution in [2.45, 2.75) is 45.1 Å². The van der Waals surface area contributed by atoms with Crippen LogP contribution in [0.4, 0.5) is 10.6 Å². The number of urea groups is 1. The van der Waals surface area contributed by atoms with E-state index in [-0.39, 0.29) is 12.1 Å². The zero-order valence-electron chi connectivity index (χ0n) is 15.4. The molecular formula is C20H24N6O. The van der Waals surface area contributed by atoms with Crippen LogP contribution >= 0.6 is 0 Å². The van der Waals surface area contributed by atoms with Gasteiger partial charge in [0.25, 0.3) is 0 Å². The molecule has 3 N–H and O–H groups in total. The number of carbonyl (C=O) groups is 1. The fraction of sp³-hybridized carbons (Fsp3) is 0.400. The summed E-state index contributed by atoms with van der Waals surface area (Å²) in [5.41, 5.74) is 3.38. The predicted octanol–water partition coefficient (Wildman–Crippen LogP) is 4.11. The Morgan fingerprint density at radius 1 is 1.15 bits per heavy atom. The van der Waals surface area contributed by atoms with Gasteiger partial charge < -0.3 is 5.32 Å². The molecule has 1 aliphatic rings. The second-order valence-corrected chi connectivity index (χ2v) is 7.23. The number of amides is 2. The number of anilines is 1. The highest BCUT2D eigenvalue weighted by Crippen LogP contribution is 2.26. The minimum absolute atomic E-state index is 0.167. The Bertz CT molecular complexity index is 917. The maximum absolute atomic E-state index is 12.4. The van der Waals surface area contributed by atoms with Gasteiger partial charge in [-0.2, -0.15) is 5.10 Å². The van der Waals surface area contributed by atoms with Crippen molar-refractivity contribution >= 4 is 22.9 Å². The Labute approximate surface area is 158 Å². The molecule has 1 atom stereocenters. The highest BCUT2D eigenvalue weighted by atomic mass is 16.2. The van der Waals surface area contributed by atoms with E-state index in [0.29, 0.717) is 11.7 Å². The average molecular weight is 364 g/mol. The number of fused-ring (bicyclic) bond motifs is 1. The van der Waals surface area contributed by atoms with Crippen LogP contribution in [-0.2, 0) is 0 Å². The van der Waals surface area contributed by atoms with Crippen molar-refractivity contribution in [2.24, 2.45) is 5.92 Å². The van der Waals surface area contributed by atoms with Crippen LogP contribution in [0.5, 0.6) is 0 Å². The van der Waals surface area contributed by atoms with Crippen molar-refractivity contribution in [3.05, 3.63) is 36.8 Å². The average Bonchev–Trinajstić information content (AvgIpc) is 3.23. The SMILES string of the molecule is C[C@@H](NC(=O)Nc1ccc2ncc(-c3cn[nH]c3)cc2n1)C1CCCCC1. The van der Waals surface area contributed by atoms with E-state index in [0.717, 1.165) is 22.2 Å². The van der Waals surface area contributed by atoms with Crippen LogP contribution in [-0.4, -0.2) is 32.2 Å². The first-order valence-corrected chi connectivity index (χ1v) is 9.52. The fourth-order valence-electron chi connectivity index (χ4n) is 3.75. The Hall–Kier alpha value is -2.96. The lowest BCUT2D eigenvalue weighted by Gasteiger charge is -2.28. The largest absolute Gasteiger partial charge is 0.335 e. The molecule has 1 aliphatic carbocycles. The van der Waals surface area contributed by atoms with Crippen molar-refractivity contribution in [3.63, 3.8) is 0 Å². The lowest BCUT2D eigenvalue weighted by atomic mass is 9.85. The van der Waals surface area contributed by atoms with Crippen LogP contribution in [0.1, 0.15) is 39.0 Å². The van der Waals surface area contributed by atoms with Crippen LogP contribution in [0.3, 0.4) is 0 Å². The minimum atomic E-state index is -0.209. The summed E-state index contributed by atoms with van der Waals surface area (Å²) in [6.07, 6.45) is 11.6. The molecule has 0 aliphatic heterocycles. The molecule has 4 rings (SSSR count). The molecule has 2 amide bonds. The summed E-state index contributed by atoms with van der Waals surface area (Å²) >= 11 is 0. The molecule has 3 aromatic rings. The number of rotatable bonds is 4. The highest BCUT2D eigenvalue weighted by molar-refractivity contribution is 5.90. The quantitative estimate of drug-likeness (QED) is 0.649. The van der Waals surface area contributed by atoms with Crippen molar-refractivity contribution < 1.29 is 4.79 Å². The molecule has 27 heavy (non-hydrogen) atoms. The van der Waals surface area contributed by atoms with Gasteiger partial charge in [0, 0.05) is 29.6 Å². The van der Waals surface area contributed by atoms with E-state index in [4.69, 9.17) is 0 Å². The molecule has 7 heteroatoms. The van der Waals surface area contributed by atoms with E-state index in [1.54, 1.807) is 18.5 Å². The second kappa shape index (κ2) is 7.73. The second-order valence-electron chi connectivity index (χ2n) is 7.23. The monoisotopic (exact) mass is 364 g/mol. The van der Waals surface area contributed by atoms with Gasteiger partial charge in [-0.15, -0.1) is 0 Å². The molecule has 7 nitrogen and oxygen atoms in total. The Morgan fingerprint density at radius 3 is 2.78 bits per heavy atom. The van der Waals surface area contributed by atoms with Crippen molar-refractivity contribution in [2.75, 3.05) is 5.32 Å². The van der Waals surface area contributed by atoms with Gasteiger partial charge in [-0.3, -0.25) is 15.4 Å². The molecule has 0 aromatic carbocycles. The van der Waals surface area contributed by atoms with Gasteiger partial charge in [-0.05, 0) is 43.9 Å². The van der Waals surface area contributed by atoms with Crippen molar-refractivity contribution in [3.8, 4) is 11.1 Å². The summed E-state index contributed by atoms with van der Waals surface area (Å²) in [6.45, 7) is 2.09. The number of aromatic amines is 1. The number of nitrogens with one attached hydrogen (secondary N) is 3. The molecule has 0 bridgehead atoms. The topological polar surface area (TPSA) is 95.6 Å². The number of hydrogen-bond donors (Lipinski definition) is 3. The van der Waals surface area contributed by atoms with Crippen LogP contribution in [0, 0.1) is 5.92 Å². The maximum Gasteiger partial charge on any atom is 0.320 e. The smallest absolute Gasteiger partial charge is 0.320 e. The van der Waals surface area contributed by atoms with E-state index < -0.39 is 0 Å². The van der Waals surface area contributed by atoms with E-state index in [2.05, 4.69) is 37.7 Å². The molecule has 0 spiro atoms. The lowest BCUT2D eigenvalue weighted by molar-refractivity contribution is 0.235. The Kier molecular flexibility index (Phi) is 5.00. The summed E-state index contributed by atoms with van der Waals surface area (Å²) in [6, 6.07) is 5.54. The van der Waals surface area contributed by atoms with Crippen LogP contribution < -0.4 is 10.6 Å². The van der Waals surface area contributed by atoms with Gasteiger partial charge >= 0.3 is 6.03 Å². The van der Waals surface area contributed by atoms with Gasteiger partial charge in [0.15, 0.2) is 0 Å². The number of hydrogen-bond acceptors (Lipinski definition) is 4. The molecule has 0 saturated heterocycles. The van der Waals surface area contributed by atoms with Crippen LogP contribution in [0.15, 0.2) is 36.8 Å². The minimum Gasteiger partial charge on any atom is -0.335 e. The summed E-state index contributed by atoms with van der Waals surface area (Å²) in [5.74, 6) is 1.08. The van der Waals surface area contributed by atoms with Crippen molar-refractivity contribution in [1.29, 1.82) is 0 Å². The summed E-state index contributed by atoms with van der Waals surface area (Å²) < 4.78 is 0. The first-order chi connectivity index (χ1) is 13.2. The third kappa shape index (κ3) is 4.07. The standard InChI is InChI=1S/C20H24N6O/c1-13(14-5-3-2-4-6-14)24-20(27)26-19-8-7-17-18(25-19)9-15(10-21-17)16-11-22-23-12-16/h7-14H,2-6H2,1H3,(H,22,23)(H2,24,25,26,27)/t13-/m1/s1. The highest BCUT2D eigenvalue weighted by Gasteiger charge is 2.21. The number of carbonyl (C=O) groups excluding carboxylic acids is 1. The molecule has 0 unspecified atom stereocenters. The zero-order valence-corrected chi connectivity index (χ0v) is 15.4. The molecule has 3 aromatic heterocycles. The van der Waals surface area contributed by atoms with Gasteiger partial charge in [0.05, 0.1) is 17.2 Å². The molecule has 1 saturated carbocycles. The predicted molar refractivity (Wildman–Crippen MR) is 105 cm³/mol. The van der Waals surface area contributed by atoms with Gasteiger partial charge in [-0.1, -0.05) is 19.3 Å². The van der Waals surface area contributed by atoms with E-state index in [9.17, 15) is 4.79 Å². The van der Waals surface area contributed by atoms with E-state index in [1.807, 2.05) is 18.3 Å². The number of H-pyrrole nitrogens is 1. The van der Waals surface area contributed by atoms with E-state index >= 15 is 0 Å². The molecular weight excluding hydrogens is 340 g/mol.